The maximum atomic E-state index is 13.7. The van der Waals surface area contributed by atoms with Gasteiger partial charge in [0.1, 0.15) is 0 Å². The lowest BCUT2D eigenvalue weighted by molar-refractivity contribution is 0.148. The molecule has 18 heavy (non-hydrogen) atoms. The van der Waals surface area contributed by atoms with Crippen molar-refractivity contribution in [1.82, 2.24) is 5.32 Å². The van der Waals surface area contributed by atoms with E-state index in [1.54, 1.807) is 6.07 Å². The molecule has 0 radical (unpaired) electrons. The molecule has 1 aliphatic rings. The molecular formula is C14H17FN2O. The minimum atomic E-state index is -0.393. The normalized spacial score (nSPS) is 18.6. The largest absolute Gasteiger partial charge is 0.494 e. The van der Waals surface area contributed by atoms with Gasteiger partial charge in [-0.25, -0.2) is 4.39 Å². The standard InChI is InChI=1S/C14H17FN2O/c1-17-13(14(9-16)6-3-7-14)10-4-5-12(18-2)11(15)8-10/h4-5,8,13,17H,3,6-7H2,1-2H3. The Balaban J connectivity index is 2.34. The van der Waals surface area contributed by atoms with Crippen molar-refractivity contribution in [3.63, 3.8) is 0 Å². The van der Waals surface area contributed by atoms with Crippen LogP contribution in [0.4, 0.5) is 4.39 Å². The van der Waals surface area contributed by atoms with Gasteiger partial charge in [-0.3, -0.25) is 0 Å². The molecule has 0 bridgehead atoms. The minimum Gasteiger partial charge on any atom is -0.494 e. The zero-order chi connectivity index (χ0) is 13.2. The first-order chi connectivity index (χ1) is 8.66. The van der Waals surface area contributed by atoms with E-state index in [1.807, 2.05) is 13.1 Å². The smallest absolute Gasteiger partial charge is 0.165 e. The molecule has 1 N–H and O–H groups in total. The Kier molecular flexibility index (Phi) is 3.53. The van der Waals surface area contributed by atoms with E-state index in [0.29, 0.717) is 0 Å². The van der Waals surface area contributed by atoms with Crippen molar-refractivity contribution in [2.45, 2.75) is 25.3 Å². The summed E-state index contributed by atoms with van der Waals surface area (Å²) in [6.45, 7) is 0. The summed E-state index contributed by atoms with van der Waals surface area (Å²) in [6, 6.07) is 7.15. The van der Waals surface area contributed by atoms with E-state index in [-0.39, 0.29) is 17.6 Å². The van der Waals surface area contributed by atoms with E-state index in [1.165, 1.54) is 13.2 Å². The van der Waals surface area contributed by atoms with Gasteiger partial charge in [-0.1, -0.05) is 12.5 Å². The van der Waals surface area contributed by atoms with Gasteiger partial charge in [0, 0.05) is 0 Å². The molecule has 96 valence electrons. The quantitative estimate of drug-likeness (QED) is 0.891. The minimum absolute atomic E-state index is 0.128. The fourth-order valence-electron chi connectivity index (χ4n) is 2.65. The first-order valence-corrected chi connectivity index (χ1v) is 6.09. The van der Waals surface area contributed by atoms with Crippen LogP contribution in [0, 0.1) is 22.6 Å². The van der Waals surface area contributed by atoms with Crippen molar-refractivity contribution in [1.29, 1.82) is 5.26 Å². The number of methoxy groups -OCH3 is 1. The second kappa shape index (κ2) is 4.95. The molecule has 0 aliphatic heterocycles. The number of nitrogens with one attached hydrogen (secondary N) is 1. The second-order valence-electron chi connectivity index (χ2n) is 4.74. The molecule has 0 saturated heterocycles. The summed E-state index contributed by atoms with van der Waals surface area (Å²) in [5.74, 6) is -0.157. The van der Waals surface area contributed by atoms with Crippen LogP contribution in [0.2, 0.25) is 0 Å². The number of benzene rings is 1. The Labute approximate surface area is 107 Å². The zero-order valence-electron chi connectivity index (χ0n) is 10.7. The zero-order valence-corrected chi connectivity index (χ0v) is 10.7. The van der Waals surface area contributed by atoms with Crippen molar-refractivity contribution in [3.05, 3.63) is 29.6 Å². The van der Waals surface area contributed by atoms with Gasteiger partial charge in [0.15, 0.2) is 11.6 Å². The number of hydrogen-bond donors (Lipinski definition) is 1. The Morgan fingerprint density at radius 3 is 2.61 bits per heavy atom. The number of ether oxygens (including phenoxy) is 1. The van der Waals surface area contributed by atoms with Crippen molar-refractivity contribution in [2.24, 2.45) is 5.41 Å². The lowest BCUT2D eigenvalue weighted by Gasteiger charge is -2.42. The number of hydrogen-bond acceptors (Lipinski definition) is 3. The molecule has 1 fully saturated rings. The summed E-state index contributed by atoms with van der Waals surface area (Å²) in [6.07, 6.45) is 2.79. The molecule has 2 rings (SSSR count). The molecular weight excluding hydrogens is 231 g/mol. The number of nitrogens with zero attached hydrogens (tertiary/aromatic N) is 1. The van der Waals surface area contributed by atoms with E-state index in [2.05, 4.69) is 11.4 Å². The van der Waals surface area contributed by atoms with Gasteiger partial charge < -0.3 is 10.1 Å². The summed E-state index contributed by atoms with van der Waals surface area (Å²) in [4.78, 5) is 0. The highest BCUT2D eigenvalue weighted by Gasteiger charge is 2.44. The van der Waals surface area contributed by atoms with E-state index in [4.69, 9.17) is 4.74 Å². The first-order valence-electron chi connectivity index (χ1n) is 6.09. The van der Waals surface area contributed by atoms with Crippen LogP contribution in [0.15, 0.2) is 18.2 Å². The van der Waals surface area contributed by atoms with Crippen LogP contribution in [-0.4, -0.2) is 14.2 Å². The van der Waals surface area contributed by atoms with Crippen LogP contribution in [0.3, 0.4) is 0 Å². The molecule has 1 aliphatic carbocycles. The number of nitriles is 1. The molecule has 0 spiro atoms. The maximum Gasteiger partial charge on any atom is 0.165 e. The summed E-state index contributed by atoms with van der Waals surface area (Å²) in [5, 5.41) is 12.5. The Morgan fingerprint density at radius 2 is 2.22 bits per heavy atom. The molecule has 0 amide bonds. The van der Waals surface area contributed by atoms with Crippen LogP contribution >= 0.6 is 0 Å². The Bertz CT molecular complexity index is 477. The van der Waals surface area contributed by atoms with Crippen molar-refractivity contribution in [3.8, 4) is 11.8 Å². The topological polar surface area (TPSA) is 45.0 Å². The van der Waals surface area contributed by atoms with Crippen LogP contribution in [0.1, 0.15) is 30.9 Å². The summed E-state index contributed by atoms with van der Waals surface area (Å²) < 4.78 is 18.6. The molecule has 3 nitrogen and oxygen atoms in total. The number of rotatable bonds is 4. The van der Waals surface area contributed by atoms with E-state index >= 15 is 0 Å². The SMILES string of the molecule is CNC(c1ccc(OC)c(F)c1)C1(C#N)CCC1. The predicted octanol–water partition coefficient (Wildman–Crippen LogP) is 2.79. The van der Waals surface area contributed by atoms with Gasteiger partial charge in [-0.15, -0.1) is 0 Å². The van der Waals surface area contributed by atoms with Crippen molar-refractivity contribution in [2.75, 3.05) is 14.2 Å². The third kappa shape index (κ3) is 1.95. The highest BCUT2D eigenvalue weighted by molar-refractivity contribution is 5.33. The van der Waals surface area contributed by atoms with Crippen LogP contribution < -0.4 is 10.1 Å². The lowest BCUT2D eigenvalue weighted by atomic mass is 9.63. The first kappa shape index (κ1) is 12.8. The second-order valence-corrected chi connectivity index (χ2v) is 4.74. The van der Waals surface area contributed by atoms with Crippen LogP contribution in [0.5, 0.6) is 5.75 Å². The molecule has 1 aromatic rings. The molecule has 0 aromatic heterocycles. The number of halogens is 1. The highest BCUT2D eigenvalue weighted by Crippen LogP contribution is 2.49. The van der Waals surface area contributed by atoms with Crippen LogP contribution in [0.25, 0.3) is 0 Å². The maximum absolute atomic E-state index is 13.7. The summed E-state index contributed by atoms with van der Waals surface area (Å²) in [5.41, 5.74) is 0.410. The molecule has 1 unspecified atom stereocenters. The third-order valence-corrected chi connectivity index (χ3v) is 3.82. The average Bonchev–Trinajstić information content (AvgIpc) is 2.33. The fraction of sp³-hybridized carbons (Fsp3) is 0.500. The third-order valence-electron chi connectivity index (χ3n) is 3.82. The predicted molar refractivity (Wildman–Crippen MR) is 66.6 cm³/mol. The molecule has 1 saturated carbocycles. The molecule has 4 heteroatoms. The van der Waals surface area contributed by atoms with Crippen LogP contribution in [-0.2, 0) is 0 Å². The lowest BCUT2D eigenvalue weighted by Crippen LogP contribution is -2.40. The summed E-state index contributed by atoms with van der Waals surface area (Å²) in [7, 11) is 3.25. The molecule has 0 heterocycles. The monoisotopic (exact) mass is 248 g/mol. The van der Waals surface area contributed by atoms with E-state index in [0.717, 1.165) is 24.8 Å². The average molecular weight is 248 g/mol. The van der Waals surface area contributed by atoms with Crippen molar-refractivity contribution >= 4 is 0 Å². The summed E-state index contributed by atoms with van der Waals surface area (Å²) >= 11 is 0. The van der Waals surface area contributed by atoms with Gasteiger partial charge >= 0.3 is 0 Å². The Morgan fingerprint density at radius 1 is 1.50 bits per heavy atom. The van der Waals surface area contributed by atoms with Gasteiger partial charge in [0.05, 0.1) is 24.6 Å². The van der Waals surface area contributed by atoms with Gasteiger partial charge in [-0.05, 0) is 37.6 Å². The van der Waals surface area contributed by atoms with Gasteiger partial charge in [0.2, 0.25) is 0 Å². The van der Waals surface area contributed by atoms with E-state index in [9.17, 15) is 9.65 Å². The van der Waals surface area contributed by atoms with Gasteiger partial charge in [0.25, 0.3) is 0 Å². The van der Waals surface area contributed by atoms with Crippen molar-refractivity contribution < 1.29 is 9.13 Å². The molecule has 1 atom stereocenters. The van der Waals surface area contributed by atoms with Gasteiger partial charge in [-0.2, -0.15) is 5.26 Å². The molecule has 1 aromatic carbocycles. The Hall–Kier alpha value is -1.60. The highest BCUT2D eigenvalue weighted by atomic mass is 19.1. The fourth-order valence-corrected chi connectivity index (χ4v) is 2.65. The van der Waals surface area contributed by atoms with E-state index < -0.39 is 5.41 Å².